The van der Waals surface area contributed by atoms with Crippen molar-refractivity contribution in [3.05, 3.63) is 0 Å². The summed E-state index contributed by atoms with van der Waals surface area (Å²) in [5.74, 6) is -0.321. The molecular formula is C9H16N2O3. The van der Waals surface area contributed by atoms with E-state index in [1.54, 1.807) is 0 Å². The fourth-order valence-corrected chi connectivity index (χ4v) is 1.40. The number of urea groups is 1. The van der Waals surface area contributed by atoms with E-state index in [0.29, 0.717) is 6.54 Å². The molecule has 3 amide bonds. The lowest BCUT2D eigenvalue weighted by Gasteiger charge is -2.13. The highest BCUT2D eigenvalue weighted by molar-refractivity contribution is 6.04. The molecule has 5 heteroatoms. The minimum absolute atomic E-state index is 0.321. The summed E-state index contributed by atoms with van der Waals surface area (Å²) in [5, 5.41) is 11.7. The topological polar surface area (TPSA) is 69.6 Å². The largest absolute Gasteiger partial charge is 0.391 e. The zero-order chi connectivity index (χ0) is 10.7. The van der Waals surface area contributed by atoms with Gasteiger partial charge in [0.25, 0.3) is 5.91 Å². The van der Waals surface area contributed by atoms with E-state index in [4.69, 9.17) is 0 Å². The van der Waals surface area contributed by atoms with Crippen LogP contribution in [0.4, 0.5) is 4.79 Å². The van der Waals surface area contributed by atoms with Gasteiger partial charge in [0, 0.05) is 6.54 Å². The van der Waals surface area contributed by atoms with Gasteiger partial charge >= 0.3 is 6.03 Å². The number of aliphatic hydroxyl groups is 1. The smallest absolute Gasteiger partial charge is 0.324 e. The van der Waals surface area contributed by atoms with Crippen molar-refractivity contribution < 1.29 is 14.7 Å². The van der Waals surface area contributed by atoms with Gasteiger partial charge in [-0.2, -0.15) is 0 Å². The first-order valence-corrected chi connectivity index (χ1v) is 4.88. The molecule has 2 atom stereocenters. The highest BCUT2D eigenvalue weighted by atomic mass is 16.3. The van der Waals surface area contributed by atoms with Crippen LogP contribution in [-0.2, 0) is 4.79 Å². The second kappa shape index (κ2) is 4.41. The van der Waals surface area contributed by atoms with Gasteiger partial charge in [0.15, 0.2) is 0 Å². The zero-order valence-corrected chi connectivity index (χ0v) is 8.49. The SMILES string of the molecule is CCCCN1C(=O)NC(C(C)O)C1=O. The van der Waals surface area contributed by atoms with Gasteiger partial charge in [0.1, 0.15) is 6.04 Å². The first kappa shape index (κ1) is 11.0. The molecule has 1 aliphatic rings. The van der Waals surface area contributed by atoms with Crippen LogP contribution in [0.2, 0.25) is 0 Å². The highest BCUT2D eigenvalue weighted by Crippen LogP contribution is 2.10. The summed E-state index contributed by atoms with van der Waals surface area (Å²) in [5.41, 5.74) is 0. The molecule has 0 radical (unpaired) electrons. The monoisotopic (exact) mass is 200 g/mol. The van der Waals surface area contributed by atoms with Gasteiger partial charge in [-0.1, -0.05) is 13.3 Å². The Balaban J connectivity index is 2.61. The van der Waals surface area contributed by atoms with Crippen molar-refractivity contribution in [1.29, 1.82) is 0 Å². The van der Waals surface area contributed by atoms with Crippen LogP contribution in [0.1, 0.15) is 26.7 Å². The molecule has 0 spiro atoms. The Bertz CT molecular complexity index is 240. The Morgan fingerprint density at radius 1 is 1.57 bits per heavy atom. The maximum Gasteiger partial charge on any atom is 0.324 e. The molecule has 5 nitrogen and oxygen atoms in total. The lowest BCUT2D eigenvalue weighted by molar-refractivity contribution is -0.129. The van der Waals surface area contributed by atoms with Crippen LogP contribution in [-0.4, -0.2) is 40.6 Å². The molecule has 0 bridgehead atoms. The summed E-state index contributed by atoms with van der Waals surface area (Å²) >= 11 is 0. The quantitative estimate of drug-likeness (QED) is 0.632. The second-order valence-electron chi connectivity index (χ2n) is 3.51. The molecule has 2 N–H and O–H groups in total. The predicted octanol–water partition coefficient (Wildman–Crippen LogP) is 0.0877. The Kier molecular flexibility index (Phi) is 3.46. The maximum atomic E-state index is 11.5. The summed E-state index contributed by atoms with van der Waals surface area (Å²) < 4.78 is 0. The summed E-state index contributed by atoms with van der Waals surface area (Å²) in [4.78, 5) is 24.0. The molecule has 1 fully saturated rings. The third-order valence-electron chi connectivity index (χ3n) is 2.27. The lowest BCUT2D eigenvalue weighted by atomic mass is 10.2. The number of rotatable bonds is 4. The van der Waals surface area contributed by atoms with Crippen LogP contribution >= 0.6 is 0 Å². The van der Waals surface area contributed by atoms with E-state index in [9.17, 15) is 14.7 Å². The first-order valence-electron chi connectivity index (χ1n) is 4.88. The summed E-state index contributed by atoms with van der Waals surface area (Å²) in [7, 11) is 0. The normalized spacial score (nSPS) is 23.9. The molecule has 1 heterocycles. The van der Waals surface area contributed by atoms with Crippen molar-refractivity contribution >= 4 is 11.9 Å². The molecule has 1 rings (SSSR count). The summed E-state index contributed by atoms with van der Waals surface area (Å²) in [6, 6.07) is -1.16. The van der Waals surface area contributed by atoms with E-state index in [1.165, 1.54) is 11.8 Å². The Morgan fingerprint density at radius 2 is 2.21 bits per heavy atom. The first-order chi connectivity index (χ1) is 6.57. The fourth-order valence-electron chi connectivity index (χ4n) is 1.40. The Hall–Kier alpha value is -1.10. The molecule has 0 aromatic carbocycles. The Morgan fingerprint density at radius 3 is 2.64 bits per heavy atom. The molecule has 14 heavy (non-hydrogen) atoms. The average molecular weight is 200 g/mol. The van der Waals surface area contributed by atoms with Crippen molar-refractivity contribution in [2.75, 3.05) is 6.54 Å². The molecule has 2 unspecified atom stereocenters. The Labute approximate surface area is 83.1 Å². The molecule has 1 saturated heterocycles. The minimum atomic E-state index is -0.835. The number of amides is 3. The van der Waals surface area contributed by atoms with E-state index >= 15 is 0 Å². The number of hydrogen-bond acceptors (Lipinski definition) is 3. The number of carbonyl (C=O) groups is 2. The van der Waals surface area contributed by atoms with E-state index in [2.05, 4.69) is 5.32 Å². The minimum Gasteiger partial charge on any atom is -0.391 e. The molecule has 0 aliphatic carbocycles. The van der Waals surface area contributed by atoms with Crippen molar-refractivity contribution in [1.82, 2.24) is 10.2 Å². The van der Waals surface area contributed by atoms with E-state index in [0.717, 1.165) is 12.8 Å². The van der Waals surface area contributed by atoms with Crippen molar-refractivity contribution in [3.63, 3.8) is 0 Å². The number of unbranched alkanes of at least 4 members (excludes halogenated alkanes) is 1. The molecule has 1 aliphatic heterocycles. The number of imide groups is 1. The standard InChI is InChI=1S/C9H16N2O3/c1-3-4-5-11-8(13)7(6(2)12)10-9(11)14/h6-7,12H,3-5H2,1-2H3,(H,10,14). The van der Waals surface area contributed by atoms with Gasteiger partial charge in [-0.3, -0.25) is 9.69 Å². The van der Waals surface area contributed by atoms with Crippen LogP contribution in [0.5, 0.6) is 0 Å². The van der Waals surface area contributed by atoms with Crippen LogP contribution in [0.3, 0.4) is 0 Å². The fraction of sp³-hybridized carbons (Fsp3) is 0.778. The number of hydrogen-bond donors (Lipinski definition) is 2. The van der Waals surface area contributed by atoms with Crippen LogP contribution in [0.15, 0.2) is 0 Å². The van der Waals surface area contributed by atoms with Crippen LogP contribution in [0.25, 0.3) is 0 Å². The number of nitrogens with zero attached hydrogens (tertiary/aromatic N) is 1. The number of nitrogens with one attached hydrogen (secondary N) is 1. The van der Waals surface area contributed by atoms with Gasteiger partial charge in [-0.25, -0.2) is 4.79 Å². The van der Waals surface area contributed by atoms with Gasteiger partial charge in [0.05, 0.1) is 6.10 Å². The summed E-state index contributed by atoms with van der Waals surface area (Å²) in [6.07, 6.45) is 0.889. The zero-order valence-electron chi connectivity index (χ0n) is 8.49. The third-order valence-corrected chi connectivity index (χ3v) is 2.27. The third kappa shape index (κ3) is 2.04. The molecular weight excluding hydrogens is 184 g/mol. The average Bonchev–Trinajstić information content (AvgIpc) is 2.40. The number of carbonyl (C=O) groups excluding carboxylic acids is 2. The van der Waals surface area contributed by atoms with Crippen molar-refractivity contribution in [2.45, 2.75) is 38.8 Å². The van der Waals surface area contributed by atoms with E-state index in [-0.39, 0.29) is 5.91 Å². The van der Waals surface area contributed by atoms with Crippen LogP contribution in [0, 0.1) is 0 Å². The maximum absolute atomic E-state index is 11.5. The van der Waals surface area contributed by atoms with Gasteiger partial charge < -0.3 is 10.4 Å². The van der Waals surface area contributed by atoms with Gasteiger partial charge in [-0.05, 0) is 13.3 Å². The lowest BCUT2D eigenvalue weighted by Crippen LogP contribution is -2.39. The molecule has 80 valence electrons. The molecule has 0 aromatic rings. The van der Waals surface area contributed by atoms with Crippen molar-refractivity contribution in [2.24, 2.45) is 0 Å². The molecule has 0 saturated carbocycles. The summed E-state index contributed by atoms with van der Waals surface area (Å²) in [6.45, 7) is 3.92. The number of aliphatic hydroxyl groups excluding tert-OH is 1. The van der Waals surface area contributed by atoms with Crippen LogP contribution < -0.4 is 5.32 Å². The van der Waals surface area contributed by atoms with Gasteiger partial charge in [-0.15, -0.1) is 0 Å². The van der Waals surface area contributed by atoms with Crippen molar-refractivity contribution in [3.8, 4) is 0 Å². The molecule has 0 aromatic heterocycles. The van der Waals surface area contributed by atoms with Gasteiger partial charge in [0.2, 0.25) is 0 Å². The van der Waals surface area contributed by atoms with E-state index < -0.39 is 18.2 Å². The predicted molar refractivity (Wildman–Crippen MR) is 50.6 cm³/mol. The van der Waals surface area contributed by atoms with E-state index in [1.807, 2.05) is 6.92 Å². The highest BCUT2D eigenvalue weighted by Gasteiger charge is 2.39. The second-order valence-corrected chi connectivity index (χ2v) is 3.51.